The third kappa shape index (κ3) is 5.03. The molecule has 2 aromatic heterocycles. The van der Waals surface area contributed by atoms with Gasteiger partial charge in [-0.25, -0.2) is 4.98 Å². The Balaban J connectivity index is 1.11. The number of anilines is 1. The number of pyridine rings is 2. The van der Waals surface area contributed by atoms with Gasteiger partial charge in [0.15, 0.2) is 0 Å². The molecular formula is C27H30ClN5O3S. The summed E-state index contributed by atoms with van der Waals surface area (Å²) < 4.78 is 5.29. The topological polar surface area (TPSA) is 99.6 Å². The zero-order valence-electron chi connectivity index (χ0n) is 20.6. The number of thioether (sulfide) groups is 1. The van der Waals surface area contributed by atoms with Crippen molar-refractivity contribution in [3.8, 4) is 5.88 Å². The molecule has 0 spiro atoms. The molecule has 8 nitrogen and oxygen atoms in total. The van der Waals surface area contributed by atoms with Gasteiger partial charge in [-0.15, -0.1) is 11.8 Å². The van der Waals surface area contributed by atoms with Crippen LogP contribution >= 0.6 is 23.4 Å². The number of hydrogen-bond acceptors (Lipinski definition) is 8. The standard InChI is InChI=1S/C27H30ClN5O3S/c1-36-25-7-5-20-27(32-25)26(19(28)12-30-20)22(34)13-33-17-3-4-18(33)10-16(9-17)29-11-15-2-6-23-21(8-15)31-24(35)14-37-23/h2,5-8,12,16-18,22,29,34H,3-4,9-11,13-14H2,1H3,(H,31,35). The number of carbonyl (C=O) groups is 1. The number of amides is 1. The highest BCUT2D eigenvalue weighted by Gasteiger charge is 2.41. The minimum absolute atomic E-state index is 0.0599. The van der Waals surface area contributed by atoms with E-state index < -0.39 is 6.10 Å². The summed E-state index contributed by atoms with van der Waals surface area (Å²) in [6.07, 6.45) is 5.17. The Bertz CT molecular complexity index is 1330. The van der Waals surface area contributed by atoms with Crippen molar-refractivity contribution < 1.29 is 14.6 Å². The first-order chi connectivity index (χ1) is 18.0. The summed E-state index contributed by atoms with van der Waals surface area (Å²) in [7, 11) is 1.57. The van der Waals surface area contributed by atoms with Gasteiger partial charge >= 0.3 is 0 Å². The van der Waals surface area contributed by atoms with Gasteiger partial charge in [0.2, 0.25) is 11.8 Å². The summed E-state index contributed by atoms with van der Waals surface area (Å²) in [5.74, 6) is 1.01. The van der Waals surface area contributed by atoms with E-state index in [1.165, 1.54) is 5.56 Å². The first-order valence-corrected chi connectivity index (χ1v) is 14.1. The molecule has 3 unspecified atom stereocenters. The summed E-state index contributed by atoms with van der Waals surface area (Å²) in [6.45, 7) is 1.29. The van der Waals surface area contributed by atoms with Gasteiger partial charge in [-0.3, -0.25) is 14.7 Å². The van der Waals surface area contributed by atoms with Gasteiger partial charge < -0.3 is 20.5 Å². The van der Waals surface area contributed by atoms with Gasteiger partial charge in [0.1, 0.15) is 5.52 Å². The van der Waals surface area contributed by atoms with Gasteiger partial charge in [0.05, 0.1) is 35.2 Å². The normalized spacial score (nSPS) is 24.1. The third-order valence-corrected chi connectivity index (χ3v) is 9.13. The van der Waals surface area contributed by atoms with Crippen LogP contribution in [0, 0.1) is 0 Å². The second kappa shape index (κ2) is 10.4. The summed E-state index contributed by atoms with van der Waals surface area (Å²) in [6, 6.07) is 11.2. The molecule has 3 aliphatic heterocycles. The lowest BCUT2D eigenvalue weighted by molar-refractivity contribution is -0.113. The Morgan fingerprint density at radius 3 is 2.86 bits per heavy atom. The van der Waals surface area contributed by atoms with Crippen molar-refractivity contribution in [2.24, 2.45) is 0 Å². The first-order valence-electron chi connectivity index (χ1n) is 12.7. The lowest BCUT2D eigenvalue weighted by Crippen LogP contribution is -2.50. The average Bonchev–Trinajstić information content (AvgIpc) is 3.12. The molecular weight excluding hydrogens is 510 g/mol. The Labute approximate surface area is 225 Å². The molecule has 3 atom stereocenters. The quantitative estimate of drug-likeness (QED) is 0.412. The minimum atomic E-state index is -0.770. The number of nitrogens with zero attached hydrogens (tertiary/aromatic N) is 3. The van der Waals surface area contributed by atoms with Crippen LogP contribution in [0.1, 0.15) is 42.9 Å². The van der Waals surface area contributed by atoms with Gasteiger partial charge in [-0.2, -0.15) is 0 Å². The highest BCUT2D eigenvalue weighted by Crippen LogP contribution is 2.39. The largest absolute Gasteiger partial charge is 0.481 e. The molecule has 37 heavy (non-hydrogen) atoms. The van der Waals surface area contributed by atoms with Crippen LogP contribution in [0.4, 0.5) is 5.69 Å². The number of aliphatic hydroxyl groups excluding tert-OH is 1. The third-order valence-electron chi connectivity index (χ3n) is 7.76. The Morgan fingerprint density at radius 2 is 2.08 bits per heavy atom. The van der Waals surface area contributed by atoms with Gasteiger partial charge in [0.25, 0.3) is 0 Å². The average molecular weight is 540 g/mol. The maximum Gasteiger partial charge on any atom is 0.234 e. The molecule has 3 aliphatic rings. The number of aromatic nitrogens is 2. The molecule has 194 valence electrons. The zero-order chi connectivity index (χ0) is 25.5. The van der Waals surface area contributed by atoms with E-state index in [4.69, 9.17) is 16.3 Å². The number of fused-ring (bicyclic) bond motifs is 4. The number of rotatable bonds is 7. The molecule has 2 bridgehead atoms. The number of carbonyl (C=O) groups excluding carboxylic acids is 1. The molecule has 3 aromatic rings. The van der Waals surface area contributed by atoms with E-state index in [0.717, 1.165) is 42.8 Å². The van der Waals surface area contributed by atoms with E-state index in [-0.39, 0.29) is 5.91 Å². The Hall–Kier alpha value is -2.43. The van der Waals surface area contributed by atoms with Gasteiger partial charge in [0, 0.05) is 53.9 Å². The van der Waals surface area contributed by atoms with Crippen molar-refractivity contribution in [1.82, 2.24) is 20.2 Å². The summed E-state index contributed by atoms with van der Waals surface area (Å²) >= 11 is 8.11. The fraction of sp³-hybridized carbons (Fsp3) is 0.444. The number of ether oxygens (including phenoxy) is 1. The monoisotopic (exact) mass is 539 g/mol. The van der Waals surface area contributed by atoms with Crippen LogP contribution in [-0.2, 0) is 11.3 Å². The lowest BCUT2D eigenvalue weighted by atomic mass is 9.95. The molecule has 0 radical (unpaired) electrons. The SMILES string of the molecule is COc1ccc2ncc(Cl)c(C(O)CN3C4CCC3CC(NCc3ccc5c(c3)NC(=O)CS5)C4)c2n1. The van der Waals surface area contributed by atoms with Crippen molar-refractivity contribution >= 4 is 46.0 Å². The number of benzene rings is 1. The second-order valence-electron chi connectivity index (χ2n) is 10.1. The molecule has 6 rings (SSSR count). The highest BCUT2D eigenvalue weighted by molar-refractivity contribution is 8.00. The van der Waals surface area contributed by atoms with E-state index in [1.807, 2.05) is 6.07 Å². The Morgan fingerprint density at radius 1 is 1.27 bits per heavy atom. The van der Waals surface area contributed by atoms with E-state index in [2.05, 4.69) is 43.7 Å². The maximum absolute atomic E-state index is 11.7. The molecule has 1 aromatic carbocycles. The number of aliphatic hydroxyl groups is 1. The summed E-state index contributed by atoms with van der Waals surface area (Å²) in [5, 5.41) is 18.5. The minimum Gasteiger partial charge on any atom is -0.481 e. The molecule has 10 heteroatoms. The van der Waals surface area contributed by atoms with Crippen molar-refractivity contribution in [3.63, 3.8) is 0 Å². The summed E-state index contributed by atoms with van der Waals surface area (Å²) in [5.41, 5.74) is 3.98. The van der Waals surface area contributed by atoms with E-state index >= 15 is 0 Å². The molecule has 5 heterocycles. The number of piperidine rings is 1. The van der Waals surface area contributed by atoms with E-state index in [1.54, 1.807) is 31.1 Å². The van der Waals surface area contributed by atoms with Gasteiger partial charge in [-0.1, -0.05) is 17.7 Å². The van der Waals surface area contributed by atoms with E-state index in [0.29, 0.717) is 57.9 Å². The van der Waals surface area contributed by atoms with E-state index in [9.17, 15) is 9.90 Å². The van der Waals surface area contributed by atoms with Crippen molar-refractivity contribution in [1.29, 1.82) is 0 Å². The Kier molecular flexibility index (Phi) is 6.98. The zero-order valence-corrected chi connectivity index (χ0v) is 22.2. The predicted octanol–water partition coefficient (Wildman–Crippen LogP) is 4.15. The summed E-state index contributed by atoms with van der Waals surface area (Å²) in [4.78, 5) is 24.2. The number of halogens is 1. The van der Waals surface area contributed by atoms with Crippen molar-refractivity contribution in [2.75, 3.05) is 24.7 Å². The molecule has 2 saturated heterocycles. The van der Waals surface area contributed by atoms with Crippen LogP contribution in [0.15, 0.2) is 41.4 Å². The predicted molar refractivity (Wildman–Crippen MR) is 145 cm³/mol. The molecule has 1 amide bonds. The van der Waals surface area contributed by atoms with Gasteiger partial charge in [-0.05, 0) is 49.4 Å². The first kappa shape index (κ1) is 24.9. The van der Waals surface area contributed by atoms with Crippen molar-refractivity contribution in [2.45, 2.75) is 61.4 Å². The molecule has 3 N–H and O–H groups in total. The second-order valence-corrected chi connectivity index (χ2v) is 11.5. The number of methoxy groups -OCH3 is 1. The molecule has 2 fully saturated rings. The number of hydrogen-bond donors (Lipinski definition) is 3. The lowest BCUT2D eigenvalue weighted by Gasteiger charge is -2.40. The molecule has 0 saturated carbocycles. The van der Waals surface area contributed by atoms with Crippen LogP contribution in [0.3, 0.4) is 0 Å². The number of nitrogens with one attached hydrogen (secondary N) is 2. The maximum atomic E-state index is 11.7. The molecule has 0 aliphatic carbocycles. The van der Waals surface area contributed by atoms with Crippen LogP contribution in [0.25, 0.3) is 11.0 Å². The van der Waals surface area contributed by atoms with Crippen molar-refractivity contribution in [3.05, 3.63) is 52.7 Å². The highest BCUT2D eigenvalue weighted by atomic mass is 35.5. The fourth-order valence-electron chi connectivity index (χ4n) is 6.01. The van der Waals surface area contributed by atoms with Crippen LogP contribution in [0.2, 0.25) is 5.02 Å². The fourth-order valence-corrected chi connectivity index (χ4v) is 7.06. The van der Waals surface area contributed by atoms with Crippen LogP contribution < -0.4 is 15.4 Å². The van der Waals surface area contributed by atoms with Crippen LogP contribution in [0.5, 0.6) is 5.88 Å². The van der Waals surface area contributed by atoms with Crippen LogP contribution in [-0.4, -0.2) is 63.4 Å². The smallest absolute Gasteiger partial charge is 0.234 e.